The molecule has 1 atom stereocenters. The van der Waals surface area contributed by atoms with Gasteiger partial charge in [-0.25, -0.2) is 4.79 Å². The summed E-state index contributed by atoms with van der Waals surface area (Å²) in [6.07, 6.45) is 0. The van der Waals surface area contributed by atoms with E-state index in [0.717, 1.165) is 10.6 Å². The highest BCUT2D eigenvalue weighted by molar-refractivity contribution is 6.10. The quantitative estimate of drug-likeness (QED) is 0.401. The minimum atomic E-state index is -2.99. The number of carbonyl (C=O) groups is 3. The SMILES string of the molecule is CCOc1cc(N2CCOCC2)c(OCC)cc1NC(=O)CN1C(=O)NC(C)(c2ccc(OC(F)F)cc2)C1=O. The van der Waals surface area contributed by atoms with Crippen LogP contribution in [-0.4, -0.2) is 75.4 Å². The molecule has 4 amide bonds. The number of rotatable bonds is 11. The van der Waals surface area contributed by atoms with Crippen LogP contribution < -0.4 is 29.7 Å². The molecule has 13 heteroatoms. The van der Waals surface area contributed by atoms with Crippen molar-refractivity contribution in [3.8, 4) is 17.2 Å². The molecule has 0 bridgehead atoms. The second-order valence-corrected chi connectivity index (χ2v) is 9.18. The number of amides is 4. The number of urea groups is 1. The molecule has 11 nitrogen and oxygen atoms in total. The number of carbonyl (C=O) groups excluding carboxylic acids is 3. The zero-order valence-electron chi connectivity index (χ0n) is 22.5. The molecule has 0 saturated carbocycles. The van der Waals surface area contributed by atoms with Crippen LogP contribution >= 0.6 is 0 Å². The van der Waals surface area contributed by atoms with Gasteiger partial charge >= 0.3 is 12.6 Å². The Labute approximate surface area is 230 Å². The van der Waals surface area contributed by atoms with Gasteiger partial charge in [0.1, 0.15) is 29.3 Å². The van der Waals surface area contributed by atoms with E-state index in [1.165, 1.54) is 31.2 Å². The molecule has 0 aromatic heterocycles. The predicted molar refractivity (Wildman–Crippen MR) is 141 cm³/mol. The topological polar surface area (TPSA) is 119 Å². The summed E-state index contributed by atoms with van der Waals surface area (Å²) in [7, 11) is 0. The third-order valence-electron chi connectivity index (χ3n) is 6.52. The average Bonchev–Trinajstić information content (AvgIpc) is 3.14. The second kappa shape index (κ2) is 12.4. The predicted octanol–water partition coefficient (Wildman–Crippen LogP) is 3.33. The van der Waals surface area contributed by atoms with Crippen LogP contribution in [0, 0.1) is 0 Å². The highest BCUT2D eigenvalue weighted by atomic mass is 19.3. The first kappa shape index (κ1) is 28.9. The monoisotopic (exact) mass is 562 g/mol. The van der Waals surface area contributed by atoms with Crippen LogP contribution in [0.4, 0.5) is 25.0 Å². The Morgan fingerprint density at radius 2 is 1.73 bits per heavy atom. The van der Waals surface area contributed by atoms with Crippen LogP contribution in [0.3, 0.4) is 0 Å². The average molecular weight is 563 g/mol. The summed E-state index contributed by atoms with van der Waals surface area (Å²) < 4.78 is 46.4. The molecular formula is C27H32F2N4O7. The normalized spacial score (nSPS) is 19.1. The lowest BCUT2D eigenvalue weighted by Crippen LogP contribution is -2.42. The van der Waals surface area contributed by atoms with Crippen LogP contribution in [0.5, 0.6) is 17.2 Å². The number of morpholine rings is 1. The Morgan fingerprint density at radius 1 is 1.07 bits per heavy atom. The summed E-state index contributed by atoms with van der Waals surface area (Å²) >= 11 is 0. The Morgan fingerprint density at radius 3 is 2.35 bits per heavy atom. The van der Waals surface area contributed by atoms with Gasteiger partial charge in [0, 0.05) is 25.2 Å². The number of halogens is 2. The lowest BCUT2D eigenvalue weighted by molar-refractivity contribution is -0.133. The lowest BCUT2D eigenvalue weighted by Gasteiger charge is -2.31. The van der Waals surface area contributed by atoms with Crippen molar-refractivity contribution in [3.05, 3.63) is 42.0 Å². The molecule has 1 unspecified atom stereocenters. The van der Waals surface area contributed by atoms with Gasteiger partial charge in [-0.05, 0) is 38.5 Å². The Kier molecular flexibility index (Phi) is 8.93. The van der Waals surface area contributed by atoms with E-state index in [9.17, 15) is 23.2 Å². The number of anilines is 2. The van der Waals surface area contributed by atoms with Gasteiger partial charge in [-0.1, -0.05) is 12.1 Å². The fourth-order valence-corrected chi connectivity index (χ4v) is 4.58. The smallest absolute Gasteiger partial charge is 0.387 e. The van der Waals surface area contributed by atoms with Crippen molar-refractivity contribution >= 4 is 29.2 Å². The van der Waals surface area contributed by atoms with Gasteiger partial charge in [0.25, 0.3) is 5.91 Å². The maximum Gasteiger partial charge on any atom is 0.387 e. The molecule has 2 saturated heterocycles. The maximum atomic E-state index is 13.3. The van der Waals surface area contributed by atoms with Crippen molar-refractivity contribution in [2.45, 2.75) is 32.9 Å². The fraction of sp³-hybridized carbons (Fsp3) is 0.444. The zero-order valence-corrected chi connectivity index (χ0v) is 22.5. The Hall–Kier alpha value is -4.13. The van der Waals surface area contributed by atoms with Crippen molar-refractivity contribution in [1.29, 1.82) is 0 Å². The summed E-state index contributed by atoms with van der Waals surface area (Å²) in [5.41, 5.74) is -0.0219. The Balaban J connectivity index is 1.51. The number of alkyl halides is 2. The summed E-state index contributed by atoms with van der Waals surface area (Å²) in [5.74, 6) is -0.431. The van der Waals surface area contributed by atoms with Gasteiger partial charge in [0.15, 0.2) is 0 Å². The van der Waals surface area contributed by atoms with Crippen LogP contribution in [0.15, 0.2) is 36.4 Å². The highest BCUT2D eigenvalue weighted by Crippen LogP contribution is 2.39. The fourth-order valence-electron chi connectivity index (χ4n) is 4.58. The number of imide groups is 1. The molecule has 0 aliphatic carbocycles. The van der Waals surface area contributed by atoms with E-state index < -0.39 is 36.5 Å². The van der Waals surface area contributed by atoms with Crippen LogP contribution in [0.2, 0.25) is 0 Å². The number of nitrogens with one attached hydrogen (secondary N) is 2. The van der Waals surface area contributed by atoms with Gasteiger partial charge in [0.2, 0.25) is 5.91 Å². The zero-order chi connectivity index (χ0) is 28.9. The Bertz CT molecular complexity index is 1240. The molecule has 2 fully saturated rings. The van der Waals surface area contributed by atoms with Gasteiger partial charge in [0.05, 0.1) is 37.8 Å². The number of nitrogens with zero attached hydrogens (tertiary/aromatic N) is 2. The van der Waals surface area contributed by atoms with Crippen molar-refractivity contribution in [2.24, 2.45) is 0 Å². The molecule has 0 spiro atoms. The highest BCUT2D eigenvalue weighted by Gasteiger charge is 2.49. The molecule has 4 rings (SSSR count). The minimum Gasteiger partial charge on any atom is -0.492 e. The molecule has 40 heavy (non-hydrogen) atoms. The third kappa shape index (κ3) is 6.19. The number of hydrogen-bond donors (Lipinski definition) is 2. The first-order chi connectivity index (χ1) is 19.2. The molecule has 2 N–H and O–H groups in total. The number of benzene rings is 2. The van der Waals surface area contributed by atoms with Crippen LogP contribution in [0.1, 0.15) is 26.3 Å². The molecule has 2 aromatic carbocycles. The van der Waals surface area contributed by atoms with E-state index in [1.807, 2.05) is 13.8 Å². The molecule has 216 valence electrons. The summed E-state index contributed by atoms with van der Waals surface area (Å²) in [4.78, 5) is 42.0. The van der Waals surface area contributed by atoms with E-state index in [-0.39, 0.29) is 5.75 Å². The molecule has 2 aliphatic heterocycles. The van der Waals surface area contributed by atoms with Gasteiger partial charge < -0.3 is 34.5 Å². The van der Waals surface area contributed by atoms with Crippen LogP contribution in [-0.2, 0) is 19.9 Å². The standard InChI is InChI=1S/C27H32F2N4O7/c1-4-38-21-15-20(32-10-12-37-13-11-32)22(39-5-2)14-19(21)30-23(34)16-33-24(35)27(3,31-26(33)36)17-6-8-18(9-7-17)40-25(28)29/h6-9,14-15,25H,4-5,10-13,16H2,1-3H3,(H,30,34)(H,31,36). The lowest BCUT2D eigenvalue weighted by atomic mass is 9.92. The van der Waals surface area contributed by atoms with Gasteiger partial charge in [-0.3, -0.25) is 14.5 Å². The first-order valence-corrected chi connectivity index (χ1v) is 12.9. The van der Waals surface area contributed by atoms with E-state index in [0.29, 0.717) is 62.3 Å². The van der Waals surface area contributed by atoms with E-state index in [1.54, 1.807) is 12.1 Å². The largest absolute Gasteiger partial charge is 0.492 e. The van der Waals surface area contributed by atoms with E-state index in [4.69, 9.17) is 14.2 Å². The van der Waals surface area contributed by atoms with Crippen molar-refractivity contribution in [1.82, 2.24) is 10.2 Å². The summed E-state index contributed by atoms with van der Waals surface area (Å²) in [5, 5.41) is 5.32. The first-order valence-electron chi connectivity index (χ1n) is 12.9. The molecular weight excluding hydrogens is 530 g/mol. The number of hydrogen-bond acceptors (Lipinski definition) is 8. The molecule has 2 aliphatic rings. The van der Waals surface area contributed by atoms with Gasteiger partial charge in [-0.15, -0.1) is 0 Å². The van der Waals surface area contributed by atoms with Crippen molar-refractivity contribution in [2.75, 3.05) is 56.3 Å². The molecule has 2 aromatic rings. The second-order valence-electron chi connectivity index (χ2n) is 9.18. The number of ether oxygens (including phenoxy) is 4. The third-order valence-corrected chi connectivity index (χ3v) is 6.52. The van der Waals surface area contributed by atoms with Crippen molar-refractivity contribution < 1.29 is 42.1 Å². The summed E-state index contributed by atoms with van der Waals surface area (Å²) in [6, 6.07) is 8.04. The van der Waals surface area contributed by atoms with E-state index >= 15 is 0 Å². The minimum absolute atomic E-state index is 0.0912. The van der Waals surface area contributed by atoms with Crippen molar-refractivity contribution in [3.63, 3.8) is 0 Å². The molecule has 2 heterocycles. The van der Waals surface area contributed by atoms with Crippen LogP contribution in [0.25, 0.3) is 0 Å². The van der Waals surface area contributed by atoms with E-state index in [2.05, 4.69) is 20.3 Å². The maximum absolute atomic E-state index is 13.3. The van der Waals surface area contributed by atoms with Gasteiger partial charge in [-0.2, -0.15) is 8.78 Å². The molecule has 0 radical (unpaired) electrons. The summed E-state index contributed by atoms with van der Waals surface area (Å²) in [6.45, 7) is 4.82.